The van der Waals surface area contributed by atoms with Gasteiger partial charge in [-0.05, 0) is 62.5 Å². The molecule has 8 nitrogen and oxygen atoms in total. The standard InChI is InChI=1S/C37H37ClN4O4/c1-24(26-12-9-11-25(17-26)18-29(43)15-10-16-41(2)3)42-33-22-35(40-28-13-7-6-8-14-28)39-23-27(33)19-32(37(42)44)31-20-30(45-4)21-34(46-5)36(31)38/h6-15,17,19-24H,16,18H2,1-5H3,(H,39,40)/b15-10+. The number of nitrogens with one attached hydrogen (secondary N) is 1. The van der Waals surface area contributed by atoms with E-state index in [-0.39, 0.29) is 17.8 Å². The molecule has 1 N–H and O–H groups in total. The average molecular weight is 637 g/mol. The van der Waals surface area contributed by atoms with Crippen LogP contribution in [0.15, 0.2) is 102 Å². The number of hydrogen-bond donors (Lipinski definition) is 1. The summed E-state index contributed by atoms with van der Waals surface area (Å²) in [6.07, 6.45) is 5.49. The number of methoxy groups -OCH3 is 2. The molecular weight excluding hydrogens is 600 g/mol. The van der Waals surface area contributed by atoms with E-state index >= 15 is 0 Å². The second-order valence-corrected chi connectivity index (χ2v) is 11.7. The molecule has 2 aromatic heterocycles. The Hall–Kier alpha value is -4.92. The van der Waals surface area contributed by atoms with E-state index in [1.54, 1.807) is 42.1 Å². The number of allylic oxidation sites excluding steroid dienone is 1. The average Bonchev–Trinajstić information content (AvgIpc) is 3.05. The highest BCUT2D eigenvalue weighted by Crippen LogP contribution is 2.39. The van der Waals surface area contributed by atoms with Crippen molar-refractivity contribution in [1.82, 2.24) is 14.5 Å². The molecule has 0 amide bonds. The van der Waals surface area contributed by atoms with Crippen LogP contribution in [0.25, 0.3) is 22.0 Å². The zero-order valence-electron chi connectivity index (χ0n) is 26.6. The molecule has 0 aliphatic rings. The molecule has 5 rings (SSSR count). The predicted octanol–water partition coefficient (Wildman–Crippen LogP) is 7.32. The van der Waals surface area contributed by atoms with Crippen molar-refractivity contribution in [3.05, 3.63) is 124 Å². The van der Waals surface area contributed by atoms with Crippen LogP contribution in [0.2, 0.25) is 5.02 Å². The van der Waals surface area contributed by atoms with E-state index in [4.69, 9.17) is 21.1 Å². The van der Waals surface area contributed by atoms with Crippen LogP contribution in [-0.4, -0.2) is 55.1 Å². The Morgan fingerprint density at radius 3 is 2.50 bits per heavy atom. The monoisotopic (exact) mass is 636 g/mol. The largest absolute Gasteiger partial charge is 0.497 e. The molecule has 0 fully saturated rings. The molecule has 3 aromatic carbocycles. The zero-order chi connectivity index (χ0) is 32.8. The number of para-hydroxylation sites is 1. The molecule has 0 bridgehead atoms. The number of ketones is 1. The summed E-state index contributed by atoms with van der Waals surface area (Å²) < 4.78 is 12.8. The van der Waals surface area contributed by atoms with E-state index in [2.05, 4.69) is 10.3 Å². The van der Waals surface area contributed by atoms with Gasteiger partial charge in [-0.2, -0.15) is 0 Å². The maximum atomic E-state index is 14.6. The van der Waals surface area contributed by atoms with E-state index in [9.17, 15) is 9.59 Å². The molecule has 9 heteroatoms. The minimum atomic E-state index is -0.410. The Labute approximate surface area is 273 Å². The second-order valence-electron chi connectivity index (χ2n) is 11.3. The Kier molecular flexibility index (Phi) is 10.2. The minimum absolute atomic E-state index is 0.0144. The van der Waals surface area contributed by atoms with Gasteiger partial charge in [-0.15, -0.1) is 0 Å². The summed E-state index contributed by atoms with van der Waals surface area (Å²) >= 11 is 6.79. The van der Waals surface area contributed by atoms with Crippen molar-refractivity contribution in [2.75, 3.05) is 40.2 Å². The van der Waals surface area contributed by atoms with E-state index in [0.717, 1.165) is 22.2 Å². The fourth-order valence-electron chi connectivity index (χ4n) is 5.35. The summed E-state index contributed by atoms with van der Waals surface area (Å²) in [6, 6.07) is 24.2. The molecular formula is C37H37ClN4O4. The number of halogens is 1. The summed E-state index contributed by atoms with van der Waals surface area (Å²) in [6.45, 7) is 2.66. The molecule has 236 valence electrons. The number of carbonyl (C=O) groups excluding carboxylic acids is 1. The fraction of sp³-hybridized carbons (Fsp3) is 0.216. The lowest BCUT2D eigenvalue weighted by Crippen LogP contribution is -2.26. The molecule has 0 aliphatic heterocycles. The quantitative estimate of drug-likeness (QED) is 0.144. The third kappa shape index (κ3) is 7.30. The third-order valence-corrected chi connectivity index (χ3v) is 8.09. The van der Waals surface area contributed by atoms with E-state index in [1.807, 2.05) is 92.7 Å². The van der Waals surface area contributed by atoms with Gasteiger partial charge in [0.15, 0.2) is 5.78 Å². The molecule has 2 heterocycles. The number of hydrogen-bond acceptors (Lipinski definition) is 7. The van der Waals surface area contributed by atoms with Crippen LogP contribution in [0, 0.1) is 0 Å². The van der Waals surface area contributed by atoms with Crippen LogP contribution in [0.5, 0.6) is 11.5 Å². The van der Waals surface area contributed by atoms with Crippen molar-refractivity contribution in [1.29, 1.82) is 0 Å². The molecule has 0 spiro atoms. The molecule has 46 heavy (non-hydrogen) atoms. The highest BCUT2D eigenvalue weighted by atomic mass is 35.5. The van der Waals surface area contributed by atoms with E-state index < -0.39 is 6.04 Å². The Balaban J connectivity index is 1.65. The van der Waals surface area contributed by atoms with Crippen molar-refractivity contribution in [2.24, 2.45) is 0 Å². The van der Waals surface area contributed by atoms with Crippen molar-refractivity contribution in [3.8, 4) is 22.6 Å². The van der Waals surface area contributed by atoms with Gasteiger partial charge in [0, 0.05) is 53.5 Å². The first-order valence-corrected chi connectivity index (χ1v) is 15.3. The SMILES string of the molecule is COc1cc(OC)c(Cl)c(-c2cc3cnc(Nc4ccccc4)cc3n(C(C)c3cccc(CC(=O)/C=C/CN(C)C)c3)c2=O)c1. The van der Waals surface area contributed by atoms with Gasteiger partial charge < -0.3 is 24.3 Å². The molecule has 0 saturated carbocycles. The van der Waals surface area contributed by atoms with E-state index in [1.165, 1.54) is 7.11 Å². The van der Waals surface area contributed by atoms with Gasteiger partial charge in [0.25, 0.3) is 5.56 Å². The number of benzene rings is 3. The van der Waals surface area contributed by atoms with Gasteiger partial charge in [0.1, 0.15) is 17.3 Å². The maximum Gasteiger partial charge on any atom is 0.259 e. The number of anilines is 2. The third-order valence-electron chi connectivity index (χ3n) is 7.70. The Morgan fingerprint density at radius 2 is 1.78 bits per heavy atom. The van der Waals surface area contributed by atoms with Gasteiger partial charge in [-0.25, -0.2) is 4.98 Å². The number of aromatic nitrogens is 2. The first-order chi connectivity index (χ1) is 22.2. The number of nitrogens with zero attached hydrogens (tertiary/aromatic N) is 3. The van der Waals surface area contributed by atoms with E-state index in [0.29, 0.717) is 45.5 Å². The minimum Gasteiger partial charge on any atom is -0.497 e. The molecule has 0 radical (unpaired) electrons. The Morgan fingerprint density at radius 1 is 1.00 bits per heavy atom. The van der Waals surface area contributed by atoms with Crippen molar-refractivity contribution in [2.45, 2.75) is 19.4 Å². The smallest absolute Gasteiger partial charge is 0.259 e. The fourth-order valence-corrected chi connectivity index (χ4v) is 5.64. The van der Waals surface area contributed by atoms with Crippen LogP contribution in [0.3, 0.4) is 0 Å². The maximum absolute atomic E-state index is 14.6. The van der Waals surface area contributed by atoms with Crippen LogP contribution in [0.4, 0.5) is 11.5 Å². The second kappa shape index (κ2) is 14.5. The van der Waals surface area contributed by atoms with Crippen LogP contribution in [0.1, 0.15) is 24.1 Å². The molecule has 0 saturated heterocycles. The molecule has 1 unspecified atom stereocenters. The summed E-state index contributed by atoms with van der Waals surface area (Å²) in [5, 5.41) is 4.38. The number of fused-ring (bicyclic) bond motifs is 1. The summed E-state index contributed by atoms with van der Waals surface area (Å²) in [7, 11) is 6.98. The van der Waals surface area contributed by atoms with Crippen LogP contribution in [-0.2, 0) is 11.2 Å². The van der Waals surface area contributed by atoms with Crippen LogP contribution < -0.4 is 20.3 Å². The van der Waals surface area contributed by atoms with Crippen molar-refractivity contribution in [3.63, 3.8) is 0 Å². The summed E-state index contributed by atoms with van der Waals surface area (Å²) in [4.78, 5) is 33.9. The Bertz CT molecular complexity index is 1950. The first-order valence-electron chi connectivity index (χ1n) is 14.9. The zero-order valence-corrected chi connectivity index (χ0v) is 27.3. The lowest BCUT2D eigenvalue weighted by atomic mass is 9.99. The van der Waals surface area contributed by atoms with Gasteiger partial charge in [0.2, 0.25) is 0 Å². The van der Waals surface area contributed by atoms with Crippen molar-refractivity contribution >= 4 is 39.8 Å². The van der Waals surface area contributed by atoms with Gasteiger partial charge in [-0.1, -0.05) is 60.1 Å². The normalized spacial score (nSPS) is 12.1. The number of likely N-dealkylation sites (N-methyl/N-ethyl adjacent to an activating group) is 1. The number of carbonyl (C=O) groups is 1. The number of ether oxygens (including phenoxy) is 2. The number of pyridine rings is 2. The summed E-state index contributed by atoms with van der Waals surface area (Å²) in [5.74, 6) is 1.51. The highest BCUT2D eigenvalue weighted by Gasteiger charge is 2.22. The molecule has 0 aliphatic carbocycles. The number of rotatable bonds is 12. The van der Waals surface area contributed by atoms with Gasteiger partial charge >= 0.3 is 0 Å². The van der Waals surface area contributed by atoms with Crippen molar-refractivity contribution < 1.29 is 14.3 Å². The van der Waals surface area contributed by atoms with Crippen LogP contribution >= 0.6 is 11.6 Å². The lowest BCUT2D eigenvalue weighted by Gasteiger charge is -2.22. The van der Waals surface area contributed by atoms with Gasteiger partial charge in [0.05, 0.1) is 30.8 Å². The molecule has 5 aromatic rings. The highest BCUT2D eigenvalue weighted by molar-refractivity contribution is 6.35. The summed E-state index contributed by atoms with van der Waals surface area (Å²) in [5.41, 5.74) is 3.93. The first kappa shape index (κ1) is 32.5. The lowest BCUT2D eigenvalue weighted by molar-refractivity contribution is -0.114. The van der Waals surface area contributed by atoms with Gasteiger partial charge in [-0.3, -0.25) is 9.59 Å². The molecule has 1 atom stereocenters. The topological polar surface area (TPSA) is 85.7 Å². The predicted molar refractivity (Wildman–Crippen MR) is 186 cm³/mol.